The molecule has 0 spiro atoms. The maximum atomic E-state index is 12.2. The first-order valence-electron chi connectivity index (χ1n) is 9.10. The fraction of sp³-hybridized carbons (Fsp3) is 0.550. The van der Waals surface area contributed by atoms with Crippen LogP contribution in [-0.4, -0.2) is 30.4 Å². The van der Waals surface area contributed by atoms with Crippen LogP contribution in [0.15, 0.2) is 18.2 Å². The second kappa shape index (κ2) is 8.22. The van der Waals surface area contributed by atoms with E-state index in [1.165, 1.54) is 0 Å². The number of nitriles is 1. The van der Waals surface area contributed by atoms with Gasteiger partial charge in [-0.15, -0.1) is 0 Å². The van der Waals surface area contributed by atoms with Crippen molar-refractivity contribution in [1.29, 1.82) is 5.26 Å². The molecule has 1 atom stereocenters. The van der Waals surface area contributed by atoms with Crippen molar-refractivity contribution in [3.05, 3.63) is 29.3 Å². The average molecular weight is 356 g/mol. The third kappa shape index (κ3) is 5.22. The lowest BCUT2D eigenvalue weighted by molar-refractivity contribution is -0.120. The van der Waals surface area contributed by atoms with Crippen LogP contribution in [0.3, 0.4) is 0 Å². The molecule has 1 aromatic carbocycles. The Hall–Kier alpha value is -2.55. The molecule has 0 bridgehead atoms. The van der Waals surface area contributed by atoms with Gasteiger partial charge in [-0.3, -0.25) is 9.59 Å². The van der Waals surface area contributed by atoms with Crippen LogP contribution in [0.5, 0.6) is 0 Å². The van der Waals surface area contributed by atoms with E-state index in [1.54, 1.807) is 25.1 Å². The molecule has 1 aliphatic rings. The van der Waals surface area contributed by atoms with Crippen molar-refractivity contribution in [3.8, 4) is 6.07 Å². The SMILES string of the molecule is Cc1cc(C(=O)NCC(C)C)ccc1NCC(=O)NC(C)(C#N)C1CC1. The zero-order valence-corrected chi connectivity index (χ0v) is 16.0. The van der Waals surface area contributed by atoms with Crippen molar-refractivity contribution in [1.82, 2.24) is 10.6 Å². The lowest BCUT2D eigenvalue weighted by Gasteiger charge is -2.23. The Morgan fingerprint density at radius 1 is 1.35 bits per heavy atom. The summed E-state index contributed by atoms with van der Waals surface area (Å²) in [5.74, 6) is 0.343. The molecule has 2 rings (SSSR count). The normalized spacial score (nSPS) is 15.7. The van der Waals surface area contributed by atoms with Crippen LogP contribution in [0.4, 0.5) is 5.69 Å². The van der Waals surface area contributed by atoms with Crippen molar-refractivity contribution in [2.75, 3.05) is 18.4 Å². The monoisotopic (exact) mass is 356 g/mol. The summed E-state index contributed by atoms with van der Waals surface area (Å²) >= 11 is 0. The summed E-state index contributed by atoms with van der Waals surface area (Å²) in [5.41, 5.74) is 1.50. The smallest absolute Gasteiger partial charge is 0.251 e. The minimum atomic E-state index is -0.786. The molecular weight excluding hydrogens is 328 g/mol. The molecule has 1 unspecified atom stereocenters. The van der Waals surface area contributed by atoms with Crippen LogP contribution in [0, 0.1) is 30.1 Å². The number of rotatable bonds is 8. The standard InChI is InChI=1S/C20H28N4O2/c1-13(2)10-23-19(26)15-5-8-17(14(3)9-15)22-11-18(25)24-20(4,12-21)16-6-7-16/h5,8-9,13,16,22H,6-7,10-11H2,1-4H3,(H,23,26)(H,24,25). The van der Waals surface area contributed by atoms with E-state index in [0.29, 0.717) is 18.0 Å². The van der Waals surface area contributed by atoms with Crippen molar-refractivity contribution in [2.24, 2.45) is 11.8 Å². The van der Waals surface area contributed by atoms with Crippen LogP contribution in [0.1, 0.15) is 49.5 Å². The van der Waals surface area contributed by atoms with Gasteiger partial charge in [0, 0.05) is 17.8 Å². The van der Waals surface area contributed by atoms with E-state index in [-0.39, 0.29) is 24.3 Å². The fourth-order valence-corrected chi connectivity index (χ4v) is 2.79. The van der Waals surface area contributed by atoms with Crippen LogP contribution in [-0.2, 0) is 4.79 Å². The average Bonchev–Trinajstić information content (AvgIpc) is 3.43. The van der Waals surface area contributed by atoms with E-state index in [0.717, 1.165) is 24.1 Å². The molecule has 0 aliphatic heterocycles. The van der Waals surface area contributed by atoms with Crippen molar-refractivity contribution < 1.29 is 9.59 Å². The Balaban J connectivity index is 1.90. The zero-order valence-electron chi connectivity index (χ0n) is 16.0. The molecule has 140 valence electrons. The topological polar surface area (TPSA) is 94.0 Å². The fourth-order valence-electron chi connectivity index (χ4n) is 2.79. The first-order valence-corrected chi connectivity index (χ1v) is 9.10. The number of aryl methyl sites for hydroxylation is 1. The highest BCUT2D eigenvalue weighted by atomic mass is 16.2. The summed E-state index contributed by atoms with van der Waals surface area (Å²) in [4.78, 5) is 24.3. The number of amides is 2. The molecule has 0 saturated heterocycles. The van der Waals surface area contributed by atoms with Crippen molar-refractivity contribution in [2.45, 2.75) is 46.1 Å². The van der Waals surface area contributed by atoms with Gasteiger partial charge >= 0.3 is 0 Å². The zero-order chi connectivity index (χ0) is 19.3. The molecule has 0 aromatic heterocycles. The number of nitrogens with zero attached hydrogens (tertiary/aromatic N) is 1. The lowest BCUT2D eigenvalue weighted by Crippen LogP contribution is -2.48. The first-order chi connectivity index (χ1) is 12.2. The van der Waals surface area contributed by atoms with Gasteiger partial charge in [-0.2, -0.15) is 5.26 Å². The first kappa shape index (κ1) is 19.8. The number of carbonyl (C=O) groups is 2. The molecule has 1 fully saturated rings. The van der Waals surface area contributed by atoms with Gasteiger partial charge in [0.15, 0.2) is 0 Å². The number of hydrogen-bond acceptors (Lipinski definition) is 4. The van der Waals surface area contributed by atoms with Gasteiger partial charge in [0.2, 0.25) is 5.91 Å². The molecule has 2 amide bonds. The van der Waals surface area contributed by atoms with Crippen LogP contribution in [0.2, 0.25) is 0 Å². The van der Waals surface area contributed by atoms with Gasteiger partial charge in [-0.1, -0.05) is 13.8 Å². The summed E-state index contributed by atoms with van der Waals surface area (Å²) < 4.78 is 0. The summed E-state index contributed by atoms with van der Waals surface area (Å²) in [6, 6.07) is 7.57. The summed E-state index contributed by atoms with van der Waals surface area (Å²) in [6.45, 7) is 8.48. The highest BCUT2D eigenvalue weighted by Crippen LogP contribution is 2.39. The molecule has 0 radical (unpaired) electrons. The third-order valence-corrected chi connectivity index (χ3v) is 4.62. The number of nitrogens with one attached hydrogen (secondary N) is 3. The quantitative estimate of drug-likeness (QED) is 0.667. The third-order valence-electron chi connectivity index (χ3n) is 4.62. The van der Waals surface area contributed by atoms with Gasteiger partial charge < -0.3 is 16.0 Å². The van der Waals surface area contributed by atoms with Crippen molar-refractivity contribution >= 4 is 17.5 Å². The Kier molecular flexibility index (Phi) is 6.25. The number of anilines is 1. The minimum Gasteiger partial charge on any atom is -0.376 e. The van der Waals surface area contributed by atoms with E-state index < -0.39 is 5.54 Å². The maximum Gasteiger partial charge on any atom is 0.251 e. The molecule has 3 N–H and O–H groups in total. The Labute approximate surface area is 155 Å². The molecule has 6 heteroatoms. The molecule has 1 saturated carbocycles. The summed E-state index contributed by atoms with van der Waals surface area (Å²) in [6.07, 6.45) is 1.97. The largest absolute Gasteiger partial charge is 0.376 e. The van der Waals surface area contributed by atoms with E-state index in [9.17, 15) is 14.9 Å². The van der Waals surface area contributed by atoms with Crippen LogP contribution < -0.4 is 16.0 Å². The Morgan fingerprint density at radius 2 is 2.04 bits per heavy atom. The predicted octanol–water partition coefficient (Wildman–Crippen LogP) is 2.60. The Bertz CT molecular complexity index is 719. The van der Waals surface area contributed by atoms with Gasteiger partial charge in [-0.25, -0.2) is 0 Å². The summed E-state index contributed by atoms with van der Waals surface area (Å²) in [5, 5.41) is 18.1. The highest BCUT2D eigenvalue weighted by molar-refractivity contribution is 5.95. The summed E-state index contributed by atoms with van der Waals surface area (Å²) in [7, 11) is 0. The van der Waals surface area contributed by atoms with Crippen LogP contribution in [0.25, 0.3) is 0 Å². The molecule has 6 nitrogen and oxygen atoms in total. The van der Waals surface area contributed by atoms with Gasteiger partial charge in [0.05, 0.1) is 12.6 Å². The van der Waals surface area contributed by atoms with E-state index in [1.807, 2.05) is 20.8 Å². The second-order valence-electron chi connectivity index (χ2n) is 7.62. The second-order valence-corrected chi connectivity index (χ2v) is 7.62. The Morgan fingerprint density at radius 3 is 2.58 bits per heavy atom. The van der Waals surface area contributed by atoms with Crippen LogP contribution >= 0.6 is 0 Å². The maximum absolute atomic E-state index is 12.2. The molecule has 1 aromatic rings. The number of carbonyl (C=O) groups excluding carboxylic acids is 2. The van der Waals surface area contributed by atoms with Gasteiger partial charge in [0.1, 0.15) is 5.54 Å². The lowest BCUT2D eigenvalue weighted by atomic mass is 9.98. The predicted molar refractivity (Wildman–Crippen MR) is 102 cm³/mol. The van der Waals surface area contributed by atoms with Gasteiger partial charge in [0.25, 0.3) is 5.91 Å². The van der Waals surface area contributed by atoms with E-state index in [4.69, 9.17) is 0 Å². The number of hydrogen-bond donors (Lipinski definition) is 3. The van der Waals surface area contributed by atoms with E-state index >= 15 is 0 Å². The van der Waals surface area contributed by atoms with Crippen molar-refractivity contribution in [3.63, 3.8) is 0 Å². The molecule has 0 heterocycles. The van der Waals surface area contributed by atoms with E-state index in [2.05, 4.69) is 22.0 Å². The van der Waals surface area contributed by atoms with Gasteiger partial charge in [-0.05, 0) is 62.3 Å². The number of benzene rings is 1. The molecular formula is C20H28N4O2. The molecule has 1 aliphatic carbocycles. The highest BCUT2D eigenvalue weighted by Gasteiger charge is 2.42. The molecule has 26 heavy (non-hydrogen) atoms. The minimum absolute atomic E-state index is 0.0870.